The van der Waals surface area contributed by atoms with Crippen LogP contribution in [-0.4, -0.2) is 23.0 Å². The molecule has 0 aliphatic carbocycles. The lowest BCUT2D eigenvalue weighted by Crippen LogP contribution is -2.25. The summed E-state index contributed by atoms with van der Waals surface area (Å²) in [6.45, 7) is 5.67. The molecular formula is C11H18ClN3O. The molecule has 1 aromatic rings. The molecule has 4 nitrogen and oxygen atoms in total. The first-order chi connectivity index (χ1) is 7.61. The van der Waals surface area contributed by atoms with Crippen LogP contribution in [0, 0.1) is 5.92 Å². The molecule has 1 saturated heterocycles. The Kier molecular flexibility index (Phi) is 3.52. The highest BCUT2D eigenvalue weighted by Gasteiger charge is 2.28. The number of nitrogens with zero attached hydrogens (tertiary/aromatic N) is 2. The number of hydrogen-bond acceptors (Lipinski definition) is 3. The quantitative estimate of drug-likeness (QED) is 0.885. The number of ether oxygens (including phenoxy) is 1. The van der Waals surface area contributed by atoms with E-state index in [-0.39, 0.29) is 12.1 Å². The maximum Gasteiger partial charge on any atom is 0.0834 e. The van der Waals surface area contributed by atoms with Crippen LogP contribution >= 0.6 is 11.6 Å². The van der Waals surface area contributed by atoms with Gasteiger partial charge in [0.1, 0.15) is 0 Å². The third kappa shape index (κ3) is 2.10. The summed E-state index contributed by atoms with van der Waals surface area (Å²) in [6, 6.07) is 0.191. The van der Waals surface area contributed by atoms with E-state index in [9.17, 15) is 0 Å². The van der Waals surface area contributed by atoms with E-state index in [0.717, 1.165) is 25.3 Å². The molecule has 2 rings (SSSR count). The van der Waals surface area contributed by atoms with Crippen LogP contribution in [0.3, 0.4) is 0 Å². The Bertz CT molecular complexity index is 358. The van der Waals surface area contributed by atoms with Crippen LogP contribution in [0.4, 0.5) is 0 Å². The summed E-state index contributed by atoms with van der Waals surface area (Å²) in [5, 5.41) is 4.93. The van der Waals surface area contributed by atoms with E-state index in [2.05, 4.69) is 18.9 Å². The number of aromatic nitrogens is 2. The zero-order chi connectivity index (χ0) is 11.7. The lowest BCUT2D eigenvalue weighted by Gasteiger charge is -2.21. The minimum Gasteiger partial charge on any atom is -0.381 e. The Morgan fingerprint density at radius 3 is 2.94 bits per heavy atom. The minimum absolute atomic E-state index is 0.0834. The largest absolute Gasteiger partial charge is 0.381 e. The molecule has 0 amide bonds. The summed E-state index contributed by atoms with van der Waals surface area (Å²) in [5.41, 5.74) is 7.20. The van der Waals surface area contributed by atoms with Gasteiger partial charge in [-0.25, -0.2) is 0 Å². The molecule has 0 bridgehead atoms. The highest BCUT2D eigenvalue weighted by atomic mass is 35.5. The predicted molar refractivity (Wildman–Crippen MR) is 63.5 cm³/mol. The van der Waals surface area contributed by atoms with Crippen LogP contribution in [0.1, 0.15) is 38.0 Å². The van der Waals surface area contributed by atoms with Gasteiger partial charge in [0.25, 0.3) is 0 Å². The van der Waals surface area contributed by atoms with Gasteiger partial charge in [-0.2, -0.15) is 5.10 Å². The molecule has 1 aliphatic rings. The molecule has 1 fully saturated rings. The number of rotatable bonds is 3. The number of hydrogen-bond donors (Lipinski definition) is 1. The van der Waals surface area contributed by atoms with Crippen molar-refractivity contribution in [3.63, 3.8) is 0 Å². The van der Waals surface area contributed by atoms with Crippen molar-refractivity contribution in [1.29, 1.82) is 0 Å². The Morgan fingerprint density at radius 2 is 2.38 bits per heavy atom. The molecule has 0 aromatic carbocycles. The van der Waals surface area contributed by atoms with Crippen molar-refractivity contribution in [2.75, 3.05) is 13.2 Å². The standard InChI is InChI=1S/C11H18ClN3O/c1-7(2)15-11(9(12)5-14-15)10(13)8-3-4-16-6-8/h5,7-8,10H,3-4,6,13H2,1-2H3. The maximum atomic E-state index is 6.26. The first-order valence-electron chi connectivity index (χ1n) is 5.67. The van der Waals surface area contributed by atoms with Crippen LogP contribution < -0.4 is 5.73 Å². The van der Waals surface area contributed by atoms with Crippen molar-refractivity contribution in [3.8, 4) is 0 Å². The molecule has 1 aliphatic heterocycles. The lowest BCUT2D eigenvalue weighted by molar-refractivity contribution is 0.180. The van der Waals surface area contributed by atoms with E-state index >= 15 is 0 Å². The van der Waals surface area contributed by atoms with Gasteiger partial charge in [-0.05, 0) is 20.3 Å². The van der Waals surface area contributed by atoms with Gasteiger partial charge in [-0.15, -0.1) is 0 Å². The summed E-state index contributed by atoms with van der Waals surface area (Å²) in [7, 11) is 0. The first kappa shape index (κ1) is 11.9. The molecule has 0 spiro atoms. The molecule has 5 heteroatoms. The van der Waals surface area contributed by atoms with Crippen LogP contribution in [0.15, 0.2) is 6.20 Å². The van der Waals surface area contributed by atoms with Crippen LogP contribution in [-0.2, 0) is 4.74 Å². The van der Waals surface area contributed by atoms with E-state index in [1.165, 1.54) is 0 Å². The Balaban J connectivity index is 2.27. The molecule has 0 radical (unpaired) electrons. The van der Waals surface area contributed by atoms with Gasteiger partial charge in [-0.3, -0.25) is 4.68 Å². The molecule has 2 heterocycles. The fourth-order valence-electron chi connectivity index (χ4n) is 2.13. The van der Waals surface area contributed by atoms with Crippen molar-refractivity contribution in [3.05, 3.63) is 16.9 Å². The van der Waals surface area contributed by atoms with Crippen LogP contribution in [0.2, 0.25) is 5.02 Å². The van der Waals surface area contributed by atoms with E-state index < -0.39 is 0 Å². The van der Waals surface area contributed by atoms with Crippen molar-refractivity contribution < 1.29 is 4.74 Å². The van der Waals surface area contributed by atoms with Gasteiger partial charge < -0.3 is 10.5 Å². The second-order valence-corrected chi connectivity index (χ2v) is 4.97. The summed E-state index contributed by atoms with van der Waals surface area (Å²) >= 11 is 6.16. The molecule has 2 N–H and O–H groups in total. The summed E-state index contributed by atoms with van der Waals surface area (Å²) in [5.74, 6) is 0.353. The average molecular weight is 244 g/mol. The second-order valence-electron chi connectivity index (χ2n) is 4.57. The van der Waals surface area contributed by atoms with Crippen molar-refractivity contribution in [2.24, 2.45) is 11.7 Å². The maximum absolute atomic E-state index is 6.26. The van der Waals surface area contributed by atoms with Gasteiger partial charge in [-0.1, -0.05) is 11.6 Å². The average Bonchev–Trinajstić information content (AvgIpc) is 2.84. The van der Waals surface area contributed by atoms with Crippen molar-refractivity contribution in [1.82, 2.24) is 9.78 Å². The fraction of sp³-hybridized carbons (Fsp3) is 0.727. The van der Waals surface area contributed by atoms with E-state index in [1.807, 2.05) is 4.68 Å². The molecule has 2 atom stereocenters. The predicted octanol–water partition coefficient (Wildman–Crippen LogP) is 2.15. The van der Waals surface area contributed by atoms with Gasteiger partial charge in [0.15, 0.2) is 0 Å². The molecular weight excluding hydrogens is 226 g/mol. The fourth-order valence-corrected chi connectivity index (χ4v) is 2.39. The van der Waals surface area contributed by atoms with Crippen LogP contribution in [0.25, 0.3) is 0 Å². The van der Waals surface area contributed by atoms with Gasteiger partial charge in [0, 0.05) is 18.6 Å². The number of halogens is 1. The van der Waals surface area contributed by atoms with E-state index in [1.54, 1.807) is 6.20 Å². The Morgan fingerprint density at radius 1 is 1.62 bits per heavy atom. The lowest BCUT2D eigenvalue weighted by atomic mass is 9.97. The zero-order valence-electron chi connectivity index (χ0n) is 9.69. The summed E-state index contributed by atoms with van der Waals surface area (Å²) in [6.07, 6.45) is 2.67. The molecule has 2 unspecified atom stereocenters. The smallest absolute Gasteiger partial charge is 0.0834 e. The minimum atomic E-state index is -0.0834. The number of nitrogens with two attached hydrogens (primary N) is 1. The zero-order valence-corrected chi connectivity index (χ0v) is 10.4. The Labute approximate surface area is 101 Å². The third-order valence-electron chi connectivity index (χ3n) is 3.06. The highest BCUT2D eigenvalue weighted by Crippen LogP contribution is 2.32. The molecule has 16 heavy (non-hydrogen) atoms. The summed E-state index contributed by atoms with van der Waals surface area (Å²) in [4.78, 5) is 0. The monoisotopic (exact) mass is 243 g/mol. The van der Waals surface area contributed by atoms with Crippen LogP contribution in [0.5, 0.6) is 0 Å². The Hall–Kier alpha value is -0.580. The molecule has 90 valence electrons. The highest BCUT2D eigenvalue weighted by molar-refractivity contribution is 6.31. The topological polar surface area (TPSA) is 53.1 Å². The SMILES string of the molecule is CC(C)n1ncc(Cl)c1C(N)C1CCOC1. The van der Waals surface area contributed by atoms with Gasteiger partial charge in [0.05, 0.1) is 29.6 Å². The normalized spacial score (nSPS) is 22.9. The van der Waals surface area contributed by atoms with Gasteiger partial charge >= 0.3 is 0 Å². The first-order valence-corrected chi connectivity index (χ1v) is 6.05. The second kappa shape index (κ2) is 4.73. The molecule has 1 aromatic heterocycles. The van der Waals surface area contributed by atoms with Crippen molar-refractivity contribution >= 4 is 11.6 Å². The van der Waals surface area contributed by atoms with Crippen molar-refractivity contribution in [2.45, 2.75) is 32.4 Å². The van der Waals surface area contributed by atoms with E-state index in [4.69, 9.17) is 22.1 Å². The molecule has 0 saturated carbocycles. The van der Waals surface area contributed by atoms with E-state index in [0.29, 0.717) is 10.9 Å². The third-order valence-corrected chi connectivity index (χ3v) is 3.36. The van der Waals surface area contributed by atoms with Gasteiger partial charge in [0.2, 0.25) is 0 Å². The summed E-state index contributed by atoms with van der Waals surface area (Å²) < 4.78 is 7.27.